The highest BCUT2D eigenvalue weighted by atomic mass is 19.4. The lowest BCUT2D eigenvalue weighted by Crippen LogP contribution is -2.04. The lowest BCUT2D eigenvalue weighted by Gasteiger charge is -2.05. The maximum Gasteiger partial charge on any atom is 0.416 e. The van der Waals surface area contributed by atoms with Crippen LogP contribution in [0.3, 0.4) is 0 Å². The summed E-state index contributed by atoms with van der Waals surface area (Å²) in [6.45, 7) is 0.141. The summed E-state index contributed by atoms with van der Waals surface area (Å²) < 4.78 is 36.8. The molecule has 0 saturated heterocycles. The lowest BCUT2D eigenvalue weighted by atomic mass is 10.1. The normalized spacial score (nSPS) is 10.8. The molecule has 0 unspecified atom stereocenters. The highest BCUT2D eigenvalue weighted by molar-refractivity contribution is 5.36. The van der Waals surface area contributed by atoms with E-state index in [1.54, 1.807) is 0 Å². The molecule has 0 amide bonds. The fraction of sp³-hybridized carbons (Fsp3) is 0.385. The molecule has 0 aliphatic carbocycles. The van der Waals surface area contributed by atoms with Crippen molar-refractivity contribution in [3.63, 3.8) is 0 Å². The van der Waals surface area contributed by atoms with Crippen molar-refractivity contribution in [2.45, 2.75) is 25.4 Å². The van der Waals surface area contributed by atoms with Gasteiger partial charge < -0.3 is 5.11 Å². The van der Waals surface area contributed by atoms with Gasteiger partial charge >= 0.3 is 6.18 Å². The SMILES string of the molecule is OCCCCC#Cc1ccc(C(F)(F)F)cc1. The zero-order chi connectivity index (χ0) is 12.7. The van der Waals surface area contributed by atoms with Crippen LogP contribution in [-0.4, -0.2) is 11.7 Å². The molecule has 0 bridgehead atoms. The van der Waals surface area contributed by atoms with Gasteiger partial charge in [-0.3, -0.25) is 0 Å². The summed E-state index contributed by atoms with van der Waals surface area (Å²) in [5, 5.41) is 8.53. The minimum Gasteiger partial charge on any atom is -0.396 e. The summed E-state index contributed by atoms with van der Waals surface area (Å²) in [5.41, 5.74) is -0.0923. The van der Waals surface area contributed by atoms with Crippen LogP contribution in [0.5, 0.6) is 0 Å². The summed E-state index contributed by atoms with van der Waals surface area (Å²) in [7, 11) is 0. The van der Waals surface area contributed by atoms with Gasteiger partial charge in [0, 0.05) is 18.6 Å². The predicted molar refractivity (Wildman–Crippen MR) is 59.3 cm³/mol. The molecule has 0 aliphatic heterocycles. The van der Waals surface area contributed by atoms with Gasteiger partial charge in [0.2, 0.25) is 0 Å². The van der Waals surface area contributed by atoms with Crippen LogP contribution in [0.4, 0.5) is 13.2 Å². The first kappa shape index (κ1) is 13.6. The predicted octanol–water partition coefficient (Wildman–Crippen LogP) is 3.22. The van der Waals surface area contributed by atoms with Crippen LogP contribution >= 0.6 is 0 Å². The van der Waals surface area contributed by atoms with Crippen molar-refractivity contribution >= 4 is 0 Å². The first-order valence-corrected chi connectivity index (χ1v) is 5.31. The molecular weight excluding hydrogens is 229 g/mol. The first-order chi connectivity index (χ1) is 8.04. The average molecular weight is 242 g/mol. The molecule has 1 aromatic rings. The fourth-order valence-corrected chi connectivity index (χ4v) is 1.23. The van der Waals surface area contributed by atoms with Crippen molar-refractivity contribution in [3.05, 3.63) is 35.4 Å². The molecular formula is C13H13F3O. The van der Waals surface area contributed by atoms with Crippen molar-refractivity contribution in [2.75, 3.05) is 6.61 Å². The van der Waals surface area contributed by atoms with Gasteiger partial charge in [0.1, 0.15) is 0 Å². The molecule has 1 rings (SSSR count). The van der Waals surface area contributed by atoms with Gasteiger partial charge in [0.05, 0.1) is 5.56 Å². The molecule has 0 spiro atoms. The van der Waals surface area contributed by atoms with Crippen LogP contribution in [0.2, 0.25) is 0 Å². The summed E-state index contributed by atoms with van der Waals surface area (Å²) in [6.07, 6.45) is -2.17. The molecule has 0 radical (unpaired) electrons. The summed E-state index contributed by atoms with van der Waals surface area (Å²) in [5.74, 6) is 5.64. The molecule has 0 aromatic heterocycles. The van der Waals surface area contributed by atoms with Crippen molar-refractivity contribution in [1.82, 2.24) is 0 Å². The summed E-state index contributed by atoms with van der Waals surface area (Å²) in [6, 6.07) is 4.78. The summed E-state index contributed by atoms with van der Waals surface area (Å²) in [4.78, 5) is 0. The number of halogens is 3. The zero-order valence-corrected chi connectivity index (χ0v) is 9.22. The van der Waals surface area contributed by atoms with E-state index in [0.29, 0.717) is 18.4 Å². The second-order valence-electron chi connectivity index (χ2n) is 3.56. The van der Waals surface area contributed by atoms with E-state index < -0.39 is 11.7 Å². The molecule has 1 aromatic carbocycles. The van der Waals surface area contributed by atoms with Gasteiger partial charge in [-0.05, 0) is 37.1 Å². The number of aliphatic hydroxyl groups excluding tert-OH is 1. The van der Waals surface area contributed by atoms with E-state index in [1.807, 2.05) is 0 Å². The number of alkyl halides is 3. The van der Waals surface area contributed by atoms with Crippen LogP contribution in [-0.2, 0) is 6.18 Å². The highest BCUT2D eigenvalue weighted by Gasteiger charge is 2.29. The van der Waals surface area contributed by atoms with E-state index in [-0.39, 0.29) is 6.61 Å². The third-order valence-electron chi connectivity index (χ3n) is 2.15. The van der Waals surface area contributed by atoms with E-state index >= 15 is 0 Å². The Kier molecular flexibility index (Phi) is 5.05. The number of aliphatic hydroxyl groups is 1. The van der Waals surface area contributed by atoms with E-state index in [4.69, 9.17) is 5.11 Å². The number of hydrogen-bond acceptors (Lipinski definition) is 1. The van der Waals surface area contributed by atoms with E-state index in [0.717, 1.165) is 18.6 Å². The fourth-order valence-electron chi connectivity index (χ4n) is 1.23. The molecule has 0 fully saturated rings. The second-order valence-corrected chi connectivity index (χ2v) is 3.56. The van der Waals surface area contributed by atoms with Crippen molar-refractivity contribution in [2.24, 2.45) is 0 Å². The molecule has 0 atom stereocenters. The Labute approximate surface area is 98.3 Å². The standard InChI is InChI=1S/C13H13F3O/c14-13(15,16)12-8-6-11(7-9-12)5-3-1-2-4-10-17/h6-9,17H,1-2,4,10H2. The molecule has 92 valence electrons. The Hall–Kier alpha value is -1.47. The van der Waals surface area contributed by atoms with Gasteiger partial charge in [-0.2, -0.15) is 13.2 Å². The quantitative estimate of drug-likeness (QED) is 0.637. The van der Waals surface area contributed by atoms with Gasteiger partial charge in [0.25, 0.3) is 0 Å². The Bertz CT molecular complexity index is 395. The van der Waals surface area contributed by atoms with Crippen LogP contribution in [0.15, 0.2) is 24.3 Å². The molecule has 1 nitrogen and oxygen atoms in total. The van der Waals surface area contributed by atoms with Gasteiger partial charge in [-0.1, -0.05) is 11.8 Å². The van der Waals surface area contributed by atoms with Crippen molar-refractivity contribution < 1.29 is 18.3 Å². The van der Waals surface area contributed by atoms with Crippen molar-refractivity contribution in [3.8, 4) is 11.8 Å². The largest absolute Gasteiger partial charge is 0.416 e. The monoisotopic (exact) mass is 242 g/mol. The highest BCUT2D eigenvalue weighted by Crippen LogP contribution is 2.28. The molecule has 1 N–H and O–H groups in total. The van der Waals surface area contributed by atoms with Crippen LogP contribution in [0, 0.1) is 11.8 Å². The Morgan fingerprint density at radius 3 is 2.24 bits per heavy atom. The average Bonchev–Trinajstić information content (AvgIpc) is 2.28. The Balaban J connectivity index is 2.56. The first-order valence-electron chi connectivity index (χ1n) is 5.31. The second kappa shape index (κ2) is 6.31. The topological polar surface area (TPSA) is 20.2 Å². The maximum atomic E-state index is 12.3. The molecule has 17 heavy (non-hydrogen) atoms. The third-order valence-corrected chi connectivity index (χ3v) is 2.15. The number of rotatable bonds is 3. The Morgan fingerprint density at radius 2 is 1.71 bits per heavy atom. The zero-order valence-electron chi connectivity index (χ0n) is 9.22. The van der Waals surface area contributed by atoms with E-state index in [9.17, 15) is 13.2 Å². The summed E-state index contributed by atoms with van der Waals surface area (Å²) >= 11 is 0. The van der Waals surface area contributed by atoms with Gasteiger partial charge in [-0.25, -0.2) is 0 Å². The lowest BCUT2D eigenvalue weighted by molar-refractivity contribution is -0.137. The van der Waals surface area contributed by atoms with Gasteiger partial charge in [0.15, 0.2) is 0 Å². The molecule has 0 aliphatic rings. The van der Waals surface area contributed by atoms with E-state index in [1.165, 1.54) is 12.1 Å². The molecule has 0 saturated carbocycles. The van der Waals surface area contributed by atoms with Crippen LogP contribution < -0.4 is 0 Å². The van der Waals surface area contributed by atoms with Crippen LogP contribution in [0.1, 0.15) is 30.4 Å². The van der Waals surface area contributed by atoms with Crippen molar-refractivity contribution in [1.29, 1.82) is 0 Å². The molecule has 0 heterocycles. The number of benzene rings is 1. The maximum absolute atomic E-state index is 12.3. The third kappa shape index (κ3) is 4.92. The van der Waals surface area contributed by atoms with E-state index in [2.05, 4.69) is 11.8 Å². The minimum atomic E-state index is -4.30. The van der Waals surface area contributed by atoms with Gasteiger partial charge in [-0.15, -0.1) is 0 Å². The Morgan fingerprint density at radius 1 is 1.06 bits per heavy atom. The number of hydrogen-bond donors (Lipinski definition) is 1. The smallest absolute Gasteiger partial charge is 0.396 e. The molecule has 4 heteroatoms. The minimum absolute atomic E-state index is 0.141. The van der Waals surface area contributed by atoms with Crippen LogP contribution in [0.25, 0.3) is 0 Å². The number of unbranched alkanes of at least 4 members (excludes halogenated alkanes) is 2.